The molecule has 0 aliphatic rings. The number of hydrogen-bond acceptors (Lipinski definition) is 2. The van der Waals surface area contributed by atoms with Crippen LogP contribution >= 0.6 is 0 Å². The predicted octanol–water partition coefficient (Wildman–Crippen LogP) is 1.97. The van der Waals surface area contributed by atoms with Crippen LogP contribution in [-0.4, -0.2) is 14.9 Å². The fourth-order valence-electron chi connectivity index (χ4n) is 1.67. The summed E-state index contributed by atoms with van der Waals surface area (Å²) in [6.07, 6.45) is 0.966. The summed E-state index contributed by atoms with van der Waals surface area (Å²) in [5.41, 5.74) is 0.887. The highest BCUT2D eigenvalue weighted by molar-refractivity contribution is 5.20. The van der Waals surface area contributed by atoms with E-state index in [0.717, 1.165) is 6.07 Å². The molecular formula is C12H12F2N2O. The van der Waals surface area contributed by atoms with Crippen molar-refractivity contribution >= 4 is 0 Å². The summed E-state index contributed by atoms with van der Waals surface area (Å²) in [5.74, 6) is -1.29. The Labute approximate surface area is 97.3 Å². The number of aliphatic hydroxyl groups is 1. The summed E-state index contributed by atoms with van der Waals surface area (Å²) in [5, 5.41) is 13.9. The van der Waals surface area contributed by atoms with Gasteiger partial charge in [0.05, 0.1) is 5.69 Å². The topological polar surface area (TPSA) is 38.0 Å². The first-order chi connectivity index (χ1) is 8.04. The molecular weight excluding hydrogens is 226 g/mol. The Hall–Kier alpha value is -1.75. The van der Waals surface area contributed by atoms with Gasteiger partial charge in [-0.3, -0.25) is 4.68 Å². The van der Waals surface area contributed by atoms with Gasteiger partial charge in [0.25, 0.3) is 0 Å². The van der Waals surface area contributed by atoms with Gasteiger partial charge in [-0.15, -0.1) is 0 Å². The number of benzene rings is 1. The van der Waals surface area contributed by atoms with Crippen molar-refractivity contribution in [2.75, 3.05) is 0 Å². The van der Waals surface area contributed by atoms with Gasteiger partial charge >= 0.3 is 0 Å². The standard InChI is InChI=1S/C12H12F2N2O/c1-16-3-2-11(15-16)12(17)6-8-4-9(13)7-10(14)5-8/h2-5,7,12,17H,6H2,1H3. The van der Waals surface area contributed by atoms with Crippen molar-refractivity contribution in [1.82, 2.24) is 9.78 Å². The zero-order valence-electron chi connectivity index (χ0n) is 9.27. The molecule has 1 unspecified atom stereocenters. The van der Waals surface area contributed by atoms with Gasteiger partial charge in [0.15, 0.2) is 0 Å². The minimum atomic E-state index is -0.864. The van der Waals surface area contributed by atoms with Gasteiger partial charge in [0.2, 0.25) is 0 Å². The van der Waals surface area contributed by atoms with Crippen LogP contribution in [0.2, 0.25) is 0 Å². The molecule has 2 rings (SSSR count). The molecule has 1 heterocycles. The van der Waals surface area contributed by atoms with Crippen LogP contribution < -0.4 is 0 Å². The molecule has 0 bridgehead atoms. The largest absolute Gasteiger partial charge is 0.386 e. The Kier molecular flexibility index (Phi) is 3.19. The molecule has 0 fully saturated rings. The molecule has 1 aromatic carbocycles. The van der Waals surface area contributed by atoms with E-state index in [9.17, 15) is 13.9 Å². The molecule has 0 saturated carbocycles. The van der Waals surface area contributed by atoms with E-state index in [4.69, 9.17) is 0 Å². The Morgan fingerprint density at radius 1 is 1.29 bits per heavy atom. The minimum Gasteiger partial charge on any atom is -0.386 e. The van der Waals surface area contributed by atoms with E-state index >= 15 is 0 Å². The fraction of sp³-hybridized carbons (Fsp3) is 0.250. The summed E-state index contributed by atoms with van der Waals surface area (Å²) >= 11 is 0. The Morgan fingerprint density at radius 3 is 2.47 bits per heavy atom. The molecule has 1 aromatic heterocycles. The van der Waals surface area contributed by atoms with E-state index in [1.165, 1.54) is 12.1 Å². The van der Waals surface area contributed by atoms with Crippen molar-refractivity contribution in [3.63, 3.8) is 0 Å². The van der Waals surface area contributed by atoms with Crippen LogP contribution in [0.15, 0.2) is 30.5 Å². The van der Waals surface area contributed by atoms with Gasteiger partial charge in [0.1, 0.15) is 17.7 Å². The third-order valence-corrected chi connectivity index (χ3v) is 2.43. The van der Waals surface area contributed by atoms with Crippen LogP contribution in [0, 0.1) is 11.6 Å². The molecule has 5 heteroatoms. The lowest BCUT2D eigenvalue weighted by Crippen LogP contribution is -2.04. The number of aliphatic hydroxyl groups excluding tert-OH is 1. The number of aromatic nitrogens is 2. The predicted molar refractivity (Wildman–Crippen MR) is 58.2 cm³/mol. The van der Waals surface area contributed by atoms with E-state index in [2.05, 4.69) is 5.10 Å². The average Bonchev–Trinajstić information content (AvgIpc) is 2.63. The van der Waals surface area contributed by atoms with Crippen LogP contribution in [-0.2, 0) is 13.5 Å². The molecule has 0 saturated heterocycles. The monoisotopic (exact) mass is 238 g/mol. The zero-order chi connectivity index (χ0) is 12.4. The molecule has 0 aliphatic heterocycles. The van der Waals surface area contributed by atoms with Crippen molar-refractivity contribution in [3.05, 3.63) is 53.4 Å². The molecule has 3 nitrogen and oxygen atoms in total. The fourth-order valence-corrected chi connectivity index (χ4v) is 1.67. The first-order valence-corrected chi connectivity index (χ1v) is 5.17. The lowest BCUT2D eigenvalue weighted by atomic mass is 10.1. The number of rotatable bonds is 3. The van der Waals surface area contributed by atoms with Gasteiger partial charge < -0.3 is 5.11 Å². The van der Waals surface area contributed by atoms with Crippen LogP contribution in [0.25, 0.3) is 0 Å². The van der Waals surface area contributed by atoms with Crippen molar-refractivity contribution in [2.45, 2.75) is 12.5 Å². The Morgan fingerprint density at radius 2 is 1.94 bits per heavy atom. The maximum absolute atomic E-state index is 12.9. The minimum absolute atomic E-state index is 0.131. The normalized spacial score (nSPS) is 12.7. The van der Waals surface area contributed by atoms with E-state index in [0.29, 0.717) is 11.3 Å². The molecule has 0 radical (unpaired) electrons. The van der Waals surface area contributed by atoms with Gasteiger partial charge in [-0.05, 0) is 23.8 Å². The van der Waals surface area contributed by atoms with Gasteiger partial charge in [-0.25, -0.2) is 8.78 Å². The van der Waals surface area contributed by atoms with Gasteiger partial charge in [-0.2, -0.15) is 5.10 Å². The quantitative estimate of drug-likeness (QED) is 0.887. The second-order valence-corrected chi connectivity index (χ2v) is 3.91. The van der Waals surface area contributed by atoms with Crippen LogP contribution in [0.5, 0.6) is 0 Å². The first kappa shape index (κ1) is 11.7. The van der Waals surface area contributed by atoms with E-state index in [1.54, 1.807) is 24.0 Å². The summed E-state index contributed by atoms with van der Waals surface area (Å²) in [6.45, 7) is 0. The lowest BCUT2D eigenvalue weighted by molar-refractivity contribution is 0.172. The van der Waals surface area contributed by atoms with Crippen molar-refractivity contribution in [1.29, 1.82) is 0 Å². The average molecular weight is 238 g/mol. The van der Waals surface area contributed by atoms with E-state index < -0.39 is 17.7 Å². The third-order valence-electron chi connectivity index (χ3n) is 2.43. The highest BCUT2D eigenvalue weighted by Crippen LogP contribution is 2.18. The molecule has 0 spiro atoms. The van der Waals surface area contributed by atoms with Crippen LogP contribution in [0.3, 0.4) is 0 Å². The molecule has 1 atom stereocenters. The maximum atomic E-state index is 12.9. The van der Waals surface area contributed by atoms with Gasteiger partial charge in [0, 0.05) is 25.7 Å². The highest BCUT2D eigenvalue weighted by atomic mass is 19.1. The summed E-state index contributed by atoms with van der Waals surface area (Å²) in [6, 6.07) is 4.88. The second kappa shape index (κ2) is 4.63. The number of nitrogens with zero attached hydrogens (tertiary/aromatic N) is 2. The Bertz CT molecular complexity index is 505. The number of halogens is 2. The summed E-state index contributed by atoms with van der Waals surface area (Å²) in [7, 11) is 1.73. The van der Waals surface area contributed by atoms with Gasteiger partial charge in [-0.1, -0.05) is 0 Å². The van der Waals surface area contributed by atoms with Crippen molar-refractivity contribution < 1.29 is 13.9 Å². The number of hydrogen-bond donors (Lipinski definition) is 1. The highest BCUT2D eigenvalue weighted by Gasteiger charge is 2.12. The SMILES string of the molecule is Cn1ccc(C(O)Cc2cc(F)cc(F)c2)n1. The molecule has 90 valence electrons. The van der Waals surface area contributed by atoms with Crippen molar-refractivity contribution in [3.8, 4) is 0 Å². The smallest absolute Gasteiger partial charge is 0.126 e. The molecule has 2 aromatic rings. The number of aryl methyl sites for hydroxylation is 1. The second-order valence-electron chi connectivity index (χ2n) is 3.91. The Balaban J connectivity index is 2.15. The van der Waals surface area contributed by atoms with E-state index in [1.807, 2.05) is 0 Å². The summed E-state index contributed by atoms with van der Waals surface area (Å²) in [4.78, 5) is 0. The lowest BCUT2D eigenvalue weighted by Gasteiger charge is -2.08. The molecule has 17 heavy (non-hydrogen) atoms. The third kappa shape index (κ3) is 2.88. The summed E-state index contributed by atoms with van der Waals surface area (Å²) < 4.78 is 27.4. The zero-order valence-corrected chi connectivity index (χ0v) is 9.27. The molecule has 1 N–H and O–H groups in total. The molecule has 0 aliphatic carbocycles. The van der Waals surface area contributed by atoms with Crippen molar-refractivity contribution in [2.24, 2.45) is 7.05 Å². The first-order valence-electron chi connectivity index (χ1n) is 5.17. The maximum Gasteiger partial charge on any atom is 0.126 e. The molecule has 0 amide bonds. The van der Waals surface area contributed by atoms with E-state index in [-0.39, 0.29) is 6.42 Å². The van der Waals surface area contributed by atoms with Crippen LogP contribution in [0.4, 0.5) is 8.78 Å². The van der Waals surface area contributed by atoms with Crippen LogP contribution in [0.1, 0.15) is 17.4 Å².